The Labute approximate surface area is 126 Å². The molecule has 2 aromatic carbocycles. The van der Waals surface area contributed by atoms with E-state index in [0.717, 1.165) is 26.3 Å². The molecule has 0 bridgehead atoms. The third kappa shape index (κ3) is 4.23. The van der Waals surface area contributed by atoms with Crippen molar-refractivity contribution in [2.24, 2.45) is 0 Å². The lowest BCUT2D eigenvalue weighted by Crippen LogP contribution is -2.00. The van der Waals surface area contributed by atoms with E-state index < -0.39 is 0 Å². The molecule has 100 valence electrons. The molecule has 0 atom stereocenters. The van der Waals surface area contributed by atoms with Gasteiger partial charge >= 0.3 is 0 Å². The first-order chi connectivity index (χ1) is 9.19. The summed E-state index contributed by atoms with van der Waals surface area (Å²) in [6.07, 6.45) is 0.693. The Kier molecular flexibility index (Phi) is 5.25. The fourth-order valence-corrected chi connectivity index (χ4v) is 2.52. The zero-order valence-electron chi connectivity index (χ0n) is 10.4. The highest BCUT2D eigenvalue weighted by atomic mass is 79.9. The maximum absolute atomic E-state index is 8.86. The van der Waals surface area contributed by atoms with E-state index in [-0.39, 0.29) is 6.61 Å². The Balaban J connectivity index is 1.98. The summed E-state index contributed by atoms with van der Waals surface area (Å²) >= 11 is 9.55. The highest BCUT2D eigenvalue weighted by Gasteiger charge is 2.01. The normalized spacial score (nSPS) is 10.5. The number of hydrogen-bond acceptors (Lipinski definition) is 2. The minimum absolute atomic E-state index is 0.182. The van der Waals surface area contributed by atoms with Crippen LogP contribution in [-0.4, -0.2) is 11.7 Å². The molecule has 0 spiro atoms. The summed E-state index contributed by atoms with van der Waals surface area (Å²) in [7, 11) is 0. The van der Waals surface area contributed by atoms with Gasteiger partial charge in [0.05, 0.1) is 0 Å². The topological polar surface area (TPSA) is 32.3 Å². The van der Waals surface area contributed by atoms with Gasteiger partial charge in [-0.15, -0.1) is 0 Å². The van der Waals surface area contributed by atoms with Crippen LogP contribution < -0.4 is 5.32 Å². The van der Waals surface area contributed by atoms with E-state index in [1.807, 2.05) is 42.5 Å². The van der Waals surface area contributed by atoms with Crippen molar-refractivity contribution in [1.29, 1.82) is 0 Å². The fourth-order valence-electron chi connectivity index (χ4n) is 1.78. The summed E-state index contributed by atoms with van der Waals surface area (Å²) in [5.41, 5.74) is 3.24. The molecule has 2 nitrogen and oxygen atoms in total. The van der Waals surface area contributed by atoms with Gasteiger partial charge in [-0.2, -0.15) is 0 Å². The van der Waals surface area contributed by atoms with Crippen molar-refractivity contribution in [3.8, 4) is 0 Å². The molecule has 0 aliphatic carbocycles. The van der Waals surface area contributed by atoms with Gasteiger partial charge < -0.3 is 10.4 Å². The van der Waals surface area contributed by atoms with E-state index in [2.05, 4.69) is 21.2 Å². The molecule has 19 heavy (non-hydrogen) atoms. The van der Waals surface area contributed by atoms with E-state index in [4.69, 9.17) is 16.7 Å². The zero-order chi connectivity index (χ0) is 13.7. The smallest absolute Gasteiger partial charge is 0.0471 e. The van der Waals surface area contributed by atoms with Gasteiger partial charge in [0, 0.05) is 28.3 Å². The molecular formula is C15H15BrClNO. The van der Waals surface area contributed by atoms with Gasteiger partial charge in [0.2, 0.25) is 0 Å². The van der Waals surface area contributed by atoms with Crippen molar-refractivity contribution in [3.63, 3.8) is 0 Å². The van der Waals surface area contributed by atoms with Crippen LogP contribution in [0.2, 0.25) is 5.02 Å². The Morgan fingerprint density at radius 1 is 1.11 bits per heavy atom. The first-order valence-corrected chi connectivity index (χ1v) is 7.24. The summed E-state index contributed by atoms with van der Waals surface area (Å²) < 4.78 is 0.981. The number of halogens is 2. The lowest BCUT2D eigenvalue weighted by molar-refractivity contribution is 0.299. The monoisotopic (exact) mass is 339 g/mol. The molecule has 2 aromatic rings. The van der Waals surface area contributed by atoms with Crippen molar-refractivity contribution >= 4 is 33.2 Å². The van der Waals surface area contributed by atoms with E-state index in [0.29, 0.717) is 13.0 Å². The molecule has 0 fully saturated rings. The minimum atomic E-state index is 0.182. The van der Waals surface area contributed by atoms with Gasteiger partial charge in [0.25, 0.3) is 0 Å². The second kappa shape index (κ2) is 6.94. The molecule has 0 aromatic heterocycles. The average Bonchev–Trinajstić information content (AvgIpc) is 2.40. The van der Waals surface area contributed by atoms with Crippen LogP contribution in [0.3, 0.4) is 0 Å². The Hall–Kier alpha value is -1.03. The Morgan fingerprint density at radius 2 is 1.84 bits per heavy atom. The maximum Gasteiger partial charge on any atom is 0.0471 e. The molecule has 0 saturated carbocycles. The first kappa shape index (κ1) is 14.4. The van der Waals surface area contributed by atoms with Crippen molar-refractivity contribution in [2.75, 3.05) is 11.9 Å². The van der Waals surface area contributed by atoms with Crippen LogP contribution in [0.5, 0.6) is 0 Å². The van der Waals surface area contributed by atoms with Gasteiger partial charge in [-0.1, -0.05) is 45.7 Å². The van der Waals surface area contributed by atoms with Crippen LogP contribution in [0.15, 0.2) is 46.9 Å². The van der Waals surface area contributed by atoms with Crippen LogP contribution in [0.1, 0.15) is 11.1 Å². The predicted octanol–water partition coefficient (Wildman–Crippen LogP) is 4.25. The van der Waals surface area contributed by atoms with Crippen LogP contribution in [0.25, 0.3) is 0 Å². The first-order valence-electron chi connectivity index (χ1n) is 6.06. The van der Waals surface area contributed by atoms with Gasteiger partial charge in [-0.3, -0.25) is 0 Å². The van der Waals surface area contributed by atoms with Crippen molar-refractivity contribution in [3.05, 3.63) is 63.1 Å². The number of hydrogen-bond donors (Lipinski definition) is 2. The summed E-state index contributed by atoms with van der Waals surface area (Å²) in [6, 6.07) is 13.9. The quantitative estimate of drug-likeness (QED) is 0.853. The third-order valence-corrected chi connectivity index (χ3v) is 3.70. The molecule has 4 heteroatoms. The number of nitrogens with one attached hydrogen (secondary N) is 1. The second-order valence-corrected chi connectivity index (χ2v) is 5.58. The Bertz CT molecular complexity index is 542. The predicted molar refractivity (Wildman–Crippen MR) is 83.7 cm³/mol. The molecule has 0 amide bonds. The number of aliphatic hydroxyl groups is 1. The van der Waals surface area contributed by atoms with E-state index >= 15 is 0 Å². The number of anilines is 1. The number of aliphatic hydroxyl groups excluding tert-OH is 1. The summed E-state index contributed by atoms with van der Waals surface area (Å²) in [4.78, 5) is 0. The number of benzene rings is 2. The summed E-state index contributed by atoms with van der Waals surface area (Å²) in [5, 5.41) is 12.9. The van der Waals surface area contributed by atoms with E-state index in [1.54, 1.807) is 0 Å². The SMILES string of the molecule is OCCc1ccc(NCc2ccc(Br)cc2Cl)cc1. The third-order valence-electron chi connectivity index (χ3n) is 2.85. The summed E-state index contributed by atoms with van der Waals surface area (Å²) in [6.45, 7) is 0.868. The Morgan fingerprint density at radius 3 is 2.47 bits per heavy atom. The van der Waals surface area contributed by atoms with Crippen molar-refractivity contribution < 1.29 is 5.11 Å². The molecule has 0 saturated heterocycles. The lowest BCUT2D eigenvalue weighted by atomic mass is 10.1. The van der Waals surface area contributed by atoms with Gasteiger partial charge in [-0.25, -0.2) is 0 Å². The van der Waals surface area contributed by atoms with Crippen LogP contribution in [0, 0.1) is 0 Å². The zero-order valence-corrected chi connectivity index (χ0v) is 12.7. The lowest BCUT2D eigenvalue weighted by Gasteiger charge is -2.09. The molecule has 2 rings (SSSR count). The molecular weight excluding hydrogens is 326 g/mol. The van der Waals surface area contributed by atoms with E-state index in [1.165, 1.54) is 0 Å². The molecule has 0 radical (unpaired) electrons. The van der Waals surface area contributed by atoms with Crippen molar-refractivity contribution in [1.82, 2.24) is 0 Å². The van der Waals surface area contributed by atoms with Crippen LogP contribution in [0.4, 0.5) is 5.69 Å². The number of rotatable bonds is 5. The molecule has 2 N–H and O–H groups in total. The molecule has 0 heterocycles. The highest BCUT2D eigenvalue weighted by Crippen LogP contribution is 2.22. The molecule has 0 aliphatic rings. The standard InChI is InChI=1S/C15H15BrClNO/c16-13-4-3-12(15(17)9-13)10-18-14-5-1-11(2-6-14)7-8-19/h1-6,9,18-19H,7-8,10H2. The molecule has 0 unspecified atom stereocenters. The summed E-state index contributed by atoms with van der Waals surface area (Å²) in [5.74, 6) is 0. The largest absolute Gasteiger partial charge is 0.396 e. The van der Waals surface area contributed by atoms with Gasteiger partial charge in [-0.05, 0) is 41.8 Å². The minimum Gasteiger partial charge on any atom is -0.396 e. The van der Waals surface area contributed by atoms with Crippen LogP contribution in [-0.2, 0) is 13.0 Å². The van der Waals surface area contributed by atoms with Crippen molar-refractivity contribution in [2.45, 2.75) is 13.0 Å². The van der Waals surface area contributed by atoms with Gasteiger partial charge in [0.1, 0.15) is 0 Å². The van der Waals surface area contributed by atoms with Gasteiger partial charge in [0.15, 0.2) is 0 Å². The fraction of sp³-hybridized carbons (Fsp3) is 0.200. The second-order valence-electron chi connectivity index (χ2n) is 4.26. The average molecular weight is 341 g/mol. The highest BCUT2D eigenvalue weighted by molar-refractivity contribution is 9.10. The van der Waals surface area contributed by atoms with Crippen LogP contribution >= 0.6 is 27.5 Å². The molecule has 0 aliphatic heterocycles. The maximum atomic E-state index is 8.86. The van der Waals surface area contributed by atoms with E-state index in [9.17, 15) is 0 Å².